The summed E-state index contributed by atoms with van der Waals surface area (Å²) in [6.45, 7) is 0.798. The van der Waals surface area contributed by atoms with E-state index >= 15 is 0 Å². The Morgan fingerprint density at radius 3 is 2.75 bits per heavy atom. The molecular weight excluding hydrogens is 460 g/mol. The van der Waals surface area contributed by atoms with Gasteiger partial charge in [-0.3, -0.25) is 14.6 Å². The van der Waals surface area contributed by atoms with Crippen LogP contribution in [0.15, 0.2) is 66.9 Å². The fraction of sp³-hybridized carbons (Fsp3) is 0.222. The van der Waals surface area contributed by atoms with Crippen LogP contribution in [-0.2, 0) is 4.79 Å². The number of aromatic nitrogens is 1. The van der Waals surface area contributed by atoms with Crippen molar-refractivity contribution in [1.29, 1.82) is 0 Å². The van der Waals surface area contributed by atoms with Crippen LogP contribution in [0.1, 0.15) is 16.1 Å². The number of para-hydroxylation sites is 1. The third-order valence-corrected chi connectivity index (χ3v) is 5.88. The van der Waals surface area contributed by atoms with Crippen LogP contribution in [0, 0.1) is 11.8 Å². The second-order valence-electron chi connectivity index (χ2n) is 8.59. The second-order valence-corrected chi connectivity index (χ2v) is 8.59. The number of benzene rings is 2. The fourth-order valence-corrected chi connectivity index (χ4v) is 3.77. The molecule has 5 rings (SSSR count). The minimum atomic E-state index is -1.03. The minimum Gasteiger partial charge on any atom is -0.489 e. The largest absolute Gasteiger partial charge is 0.489 e. The molecule has 2 amide bonds. The topological polar surface area (TPSA) is 113 Å². The number of carbonyl (C=O) groups is 2. The number of pyridine rings is 1. The number of β-amino-alcohol motifs (C(OH)–C–C–N with tert-alkyl or cyclic N) is 1. The predicted octanol–water partition coefficient (Wildman–Crippen LogP) is 1.71. The van der Waals surface area contributed by atoms with Gasteiger partial charge >= 0.3 is 0 Å². The maximum atomic E-state index is 13.2. The van der Waals surface area contributed by atoms with Crippen molar-refractivity contribution in [2.75, 3.05) is 31.6 Å². The molecule has 0 radical (unpaired) electrons. The van der Waals surface area contributed by atoms with Crippen molar-refractivity contribution in [3.8, 4) is 29.1 Å². The molecule has 0 aliphatic carbocycles. The lowest BCUT2D eigenvalue weighted by Gasteiger charge is -2.32. The smallest absolute Gasteiger partial charge is 0.270 e. The van der Waals surface area contributed by atoms with Gasteiger partial charge in [-0.1, -0.05) is 30.0 Å². The van der Waals surface area contributed by atoms with Gasteiger partial charge in [0.25, 0.3) is 11.8 Å². The van der Waals surface area contributed by atoms with Gasteiger partial charge in [-0.15, -0.1) is 0 Å². The summed E-state index contributed by atoms with van der Waals surface area (Å²) in [5, 5.41) is 15.9. The Balaban J connectivity index is 1.29. The zero-order valence-corrected chi connectivity index (χ0v) is 19.5. The van der Waals surface area contributed by atoms with Gasteiger partial charge < -0.3 is 30.1 Å². The summed E-state index contributed by atoms with van der Waals surface area (Å²) in [6.07, 6.45) is 1.47. The number of anilines is 1. The summed E-state index contributed by atoms with van der Waals surface area (Å²) in [5.74, 6) is 6.52. The highest BCUT2D eigenvalue weighted by molar-refractivity contribution is 6.03. The van der Waals surface area contributed by atoms with Crippen molar-refractivity contribution in [1.82, 2.24) is 15.6 Å². The summed E-state index contributed by atoms with van der Waals surface area (Å²) in [6, 6.07) is 16.6. The molecule has 36 heavy (non-hydrogen) atoms. The average molecular weight is 485 g/mol. The SMILES string of the molecule is CN1C(=O)[C@@H](NC(=O)c2cc(Oc3ccccc3)ccn2)COc2ccc(C#CC3(O)CNC3)cc21. The molecule has 2 aliphatic rings. The van der Waals surface area contributed by atoms with Crippen molar-refractivity contribution in [3.63, 3.8) is 0 Å². The molecule has 9 heteroatoms. The van der Waals surface area contributed by atoms with Gasteiger partial charge in [0.05, 0.1) is 5.69 Å². The first-order valence-corrected chi connectivity index (χ1v) is 11.4. The van der Waals surface area contributed by atoms with E-state index in [0.29, 0.717) is 41.6 Å². The Morgan fingerprint density at radius 1 is 1.19 bits per heavy atom. The molecule has 9 nitrogen and oxygen atoms in total. The normalized spacial score (nSPS) is 17.9. The van der Waals surface area contributed by atoms with E-state index < -0.39 is 17.6 Å². The van der Waals surface area contributed by atoms with E-state index in [4.69, 9.17) is 9.47 Å². The maximum absolute atomic E-state index is 13.2. The number of amides is 2. The van der Waals surface area contributed by atoms with Gasteiger partial charge in [-0.25, -0.2) is 0 Å². The number of hydrogen-bond donors (Lipinski definition) is 3. The van der Waals surface area contributed by atoms with Crippen molar-refractivity contribution < 1.29 is 24.2 Å². The number of ether oxygens (including phenoxy) is 2. The maximum Gasteiger partial charge on any atom is 0.270 e. The number of nitrogens with zero attached hydrogens (tertiary/aromatic N) is 2. The van der Waals surface area contributed by atoms with Crippen LogP contribution >= 0.6 is 0 Å². The van der Waals surface area contributed by atoms with E-state index in [-0.39, 0.29) is 18.2 Å². The highest BCUT2D eigenvalue weighted by Gasteiger charge is 2.33. The molecule has 1 saturated heterocycles. The first-order valence-electron chi connectivity index (χ1n) is 11.4. The number of aliphatic hydroxyl groups is 1. The summed E-state index contributed by atoms with van der Waals surface area (Å²) in [7, 11) is 1.61. The molecule has 0 bridgehead atoms. The second kappa shape index (κ2) is 9.70. The lowest BCUT2D eigenvalue weighted by molar-refractivity contribution is -0.120. The highest BCUT2D eigenvalue weighted by Crippen LogP contribution is 2.31. The molecule has 2 aliphatic heterocycles. The van der Waals surface area contributed by atoms with Crippen LogP contribution in [0.3, 0.4) is 0 Å². The summed E-state index contributed by atoms with van der Waals surface area (Å²) in [5.41, 5.74) is 0.247. The van der Waals surface area contributed by atoms with Crippen LogP contribution in [0.2, 0.25) is 0 Å². The third kappa shape index (κ3) is 5.00. The van der Waals surface area contributed by atoms with Gasteiger partial charge in [0.15, 0.2) is 0 Å². The van der Waals surface area contributed by atoms with Crippen molar-refractivity contribution >= 4 is 17.5 Å². The highest BCUT2D eigenvalue weighted by atomic mass is 16.5. The van der Waals surface area contributed by atoms with E-state index in [2.05, 4.69) is 27.5 Å². The molecule has 0 spiro atoms. The average Bonchev–Trinajstić information content (AvgIpc) is 2.99. The van der Waals surface area contributed by atoms with Crippen LogP contribution in [0.5, 0.6) is 17.2 Å². The van der Waals surface area contributed by atoms with Crippen molar-refractivity contribution in [2.24, 2.45) is 0 Å². The van der Waals surface area contributed by atoms with Gasteiger partial charge in [0, 0.05) is 38.0 Å². The number of likely N-dealkylation sites (N-methyl/N-ethyl adjacent to an activating group) is 1. The van der Waals surface area contributed by atoms with E-state index in [1.54, 1.807) is 43.4 Å². The molecule has 1 aromatic heterocycles. The molecular formula is C27H24N4O5. The minimum absolute atomic E-state index is 0.0431. The monoisotopic (exact) mass is 484 g/mol. The first-order chi connectivity index (χ1) is 17.4. The van der Waals surface area contributed by atoms with Crippen LogP contribution in [0.25, 0.3) is 0 Å². The molecule has 0 unspecified atom stereocenters. The van der Waals surface area contributed by atoms with Crippen LogP contribution < -0.4 is 25.0 Å². The Kier molecular flexibility index (Phi) is 6.29. The fourth-order valence-electron chi connectivity index (χ4n) is 3.77. The molecule has 0 saturated carbocycles. The van der Waals surface area contributed by atoms with Gasteiger partial charge in [0.1, 0.15) is 41.2 Å². The van der Waals surface area contributed by atoms with Gasteiger partial charge in [0.2, 0.25) is 0 Å². The lowest BCUT2D eigenvalue weighted by atomic mass is 9.98. The van der Waals surface area contributed by atoms with E-state index in [1.165, 1.54) is 17.2 Å². The molecule has 1 atom stereocenters. The van der Waals surface area contributed by atoms with Crippen molar-refractivity contribution in [3.05, 3.63) is 78.1 Å². The molecule has 3 heterocycles. The number of nitrogens with one attached hydrogen (secondary N) is 2. The van der Waals surface area contributed by atoms with Gasteiger partial charge in [-0.2, -0.15) is 0 Å². The lowest BCUT2D eigenvalue weighted by Crippen LogP contribution is -2.58. The molecule has 3 aromatic rings. The zero-order chi connectivity index (χ0) is 25.1. The number of fused-ring (bicyclic) bond motifs is 1. The van der Waals surface area contributed by atoms with E-state index in [0.717, 1.165) is 0 Å². The molecule has 182 valence electrons. The summed E-state index contributed by atoms with van der Waals surface area (Å²) in [4.78, 5) is 31.6. The molecule has 1 fully saturated rings. The zero-order valence-electron chi connectivity index (χ0n) is 19.5. The number of rotatable bonds is 4. The Labute approximate surface area is 208 Å². The Bertz CT molecular complexity index is 1360. The molecule has 3 N–H and O–H groups in total. The van der Waals surface area contributed by atoms with Gasteiger partial charge in [-0.05, 0) is 36.4 Å². The number of carbonyl (C=O) groups excluding carboxylic acids is 2. The Morgan fingerprint density at radius 2 is 2.00 bits per heavy atom. The molecule has 2 aromatic carbocycles. The first kappa shape index (κ1) is 23.4. The Hall–Kier alpha value is -4.39. The van der Waals surface area contributed by atoms with Crippen molar-refractivity contribution in [2.45, 2.75) is 11.6 Å². The number of hydrogen-bond acceptors (Lipinski definition) is 7. The van der Waals surface area contributed by atoms with E-state index in [9.17, 15) is 14.7 Å². The van der Waals surface area contributed by atoms with E-state index in [1.807, 2.05) is 18.2 Å². The summed E-state index contributed by atoms with van der Waals surface area (Å²) >= 11 is 0. The standard InChI is InChI=1S/C27H24N4O5/c1-31-23-13-18(9-11-27(34)16-28-17-27)7-8-24(23)35-15-22(26(31)33)30-25(32)21-14-20(10-12-29-21)36-19-5-3-2-4-6-19/h2-8,10,12-14,22,28,34H,15-17H2,1H3,(H,30,32)/t22-/m0/s1. The van der Waals surface area contributed by atoms with Crippen LogP contribution in [0.4, 0.5) is 5.69 Å². The summed E-state index contributed by atoms with van der Waals surface area (Å²) < 4.78 is 11.6. The predicted molar refractivity (Wildman–Crippen MR) is 132 cm³/mol. The van der Waals surface area contributed by atoms with Crippen LogP contribution in [-0.4, -0.2) is 60.3 Å². The third-order valence-electron chi connectivity index (χ3n) is 5.88. The quantitative estimate of drug-likeness (QED) is 0.484.